The van der Waals surface area contributed by atoms with E-state index in [1.165, 1.54) is 16.0 Å². The molecule has 1 aliphatic rings. The van der Waals surface area contributed by atoms with E-state index in [9.17, 15) is 4.79 Å². The number of aryl methyl sites for hydroxylation is 1. The van der Waals surface area contributed by atoms with Crippen LogP contribution in [-0.4, -0.2) is 23.9 Å². The molecule has 2 aromatic rings. The first kappa shape index (κ1) is 16.2. The molecule has 0 bridgehead atoms. The molecule has 3 nitrogen and oxygen atoms in total. The fourth-order valence-corrected chi connectivity index (χ4v) is 4.06. The van der Waals surface area contributed by atoms with Gasteiger partial charge >= 0.3 is 0 Å². The second kappa shape index (κ2) is 6.85. The third-order valence-corrected chi connectivity index (χ3v) is 5.47. The SMILES string of the molecule is Cc1cccc(C(C)C)c1NC(=O)CN1CCc2sccc2C1. The normalized spacial score (nSPS) is 14.8. The van der Waals surface area contributed by atoms with Crippen molar-refractivity contribution in [3.8, 4) is 0 Å². The molecule has 3 rings (SSSR count). The highest BCUT2D eigenvalue weighted by Crippen LogP contribution is 2.28. The molecule has 1 aliphatic heterocycles. The van der Waals surface area contributed by atoms with Crippen molar-refractivity contribution in [3.63, 3.8) is 0 Å². The van der Waals surface area contributed by atoms with Gasteiger partial charge < -0.3 is 5.32 Å². The molecule has 2 heterocycles. The van der Waals surface area contributed by atoms with E-state index in [1.54, 1.807) is 0 Å². The first-order valence-corrected chi connectivity index (χ1v) is 9.09. The van der Waals surface area contributed by atoms with Gasteiger partial charge in [-0.05, 0) is 47.4 Å². The summed E-state index contributed by atoms with van der Waals surface area (Å²) in [5.41, 5.74) is 4.70. The Morgan fingerprint density at radius 3 is 2.96 bits per heavy atom. The number of amides is 1. The summed E-state index contributed by atoms with van der Waals surface area (Å²) in [6.45, 7) is 8.68. The zero-order valence-corrected chi connectivity index (χ0v) is 14.9. The van der Waals surface area contributed by atoms with Crippen LogP contribution in [0, 0.1) is 6.92 Å². The second-order valence-corrected chi connectivity index (χ2v) is 7.57. The van der Waals surface area contributed by atoms with Crippen molar-refractivity contribution in [2.24, 2.45) is 0 Å². The summed E-state index contributed by atoms with van der Waals surface area (Å²) in [6, 6.07) is 8.40. The number of thiophene rings is 1. The summed E-state index contributed by atoms with van der Waals surface area (Å²) in [5.74, 6) is 0.480. The molecule has 0 spiro atoms. The molecule has 1 N–H and O–H groups in total. The van der Waals surface area contributed by atoms with Gasteiger partial charge in [0.2, 0.25) is 5.91 Å². The van der Waals surface area contributed by atoms with Gasteiger partial charge in [0.1, 0.15) is 0 Å². The van der Waals surface area contributed by atoms with Crippen molar-refractivity contribution in [1.82, 2.24) is 4.90 Å². The highest BCUT2D eigenvalue weighted by atomic mass is 32.1. The van der Waals surface area contributed by atoms with E-state index in [4.69, 9.17) is 0 Å². The maximum absolute atomic E-state index is 12.5. The average Bonchev–Trinajstić information content (AvgIpc) is 2.96. The van der Waals surface area contributed by atoms with E-state index in [0.717, 1.165) is 30.8 Å². The number of hydrogen-bond donors (Lipinski definition) is 1. The Morgan fingerprint density at radius 1 is 1.35 bits per heavy atom. The minimum absolute atomic E-state index is 0.0832. The van der Waals surface area contributed by atoms with E-state index in [2.05, 4.69) is 60.6 Å². The summed E-state index contributed by atoms with van der Waals surface area (Å²) in [4.78, 5) is 16.2. The Morgan fingerprint density at radius 2 is 2.17 bits per heavy atom. The number of nitrogens with zero attached hydrogens (tertiary/aromatic N) is 1. The number of carbonyl (C=O) groups excluding carboxylic acids is 1. The van der Waals surface area contributed by atoms with Crippen LogP contribution in [0.4, 0.5) is 5.69 Å². The van der Waals surface area contributed by atoms with Crippen molar-refractivity contribution < 1.29 is 4.79 Å². The highest BCUT2D eigenvalue weighted by Gasteiger charge is 2.20. The van der Waals surface area contributed by atoms with Crippen molar-refractivity contribution in [2.75, 3.05) is 18.4 Å². The van der Waals surface area contributed by atoms with Gasteiger partial charge in [0.05, 0.1) is 6.54 Å². The lowest BCUT2D eigenvalue weighted by Gasteiger charge is -2.26. The molecule has 1 aromatic heterocycles. The average molecular weight is 328 g/mol. The number of fused-ring (bicyclic) bond motifs is 1. The lowest BCUT2D eigenvalue weighted by atomic mass is 9.98. The van der Waals surface area contributed by atoms with Crippen LogP contribution in [0.1, 0.15) is 41.3 Å². The quantitative estimate of drug-likeness (QED) is 0.913. The number of rotatable bonds is 4. The number of hydrogen-bond acceptors (Lipinski definition) is 3. The number of anilines is 1. The first-order valence-electron chi connectivity index (χ1n) is 8.21. The number of benzene rings is 1. The van der Waals surface area contributed by atoms with Crippen LogP contribution in [0.3, 0.4) is 0 Å². The highest BCUT2D eigenvalue weighted by molar-refractivity contribution is 7.10. The van der Waals surface area contributed by atoms with Crippen LogP contribution >= 0.6 is 11.3 Å². The van der Waals surface area contributed by atoms with E-state index >= 15 is 0 Å². The van der Waals surface area contributed by atoms with Crippen molar-refractivity contribution in [3.05, 3.63) is 51.2 Å². The molecule has 0 aliphatic carbocycles. The fraction of sp³-hybridized carbons (Fsp3) is 0.421. The van der Waals surface area contributed by atoms with Gasteiger partial charge in [-0.1, -0.05) is 32.0 Å². The molecule has 0 saturated carbocycles. The molecule has 4 heteroatoms. The molecule has 1 aromatic carbocycles. The van der Waals surface area contributed by atoms with Crippen molar-refractivity contribution in [2.45, 2.75) is 39.7 Å². The van der Waals surface area contributed by atoms with Gasteiger partial charge in [-0.15, -0.1) is 11.3 Å². The van der Waals surface area contributed by atoms with Crippen molar-refractivity contribution in [1.29, 1.82) is 0 Å². The molecule has 0 saturated heterocycles. The topological polar surface area (TPSA) is 32.3 Å². The maximum Gasteiger partial charge on any atom is 0.238 e. The third kappa shape index (κ3) is 3.65. The number of carbonyl (C=O) groups is 1. The van der Waals surface area contributed by atoms with Crippen LogP contribution in [0.2, 0.25) is 0 Å². The smallest absolute Gasteiger partial charge is 0.238 e. The van der Waals surface area contributed by atoms with Gasteiger partial charge in [0, 0.05) is 23.7 Å². The van der Waals surface area contributed by atoms with E-state index in [1.807, 2.05) is 11.3 Å². The predicted octanol–water partition coefficient (Wildman–Crippen LogP) is 4.18. The minimum Gasteiger partial charge on any atom is -0.324 e. The lowest BCUT2D eigenvalue weighted by molar-refractivity contribution is -0.117. The summed E-state index contributed by atoms with van der Waals surface area (Å²) in [7, 11) is 0. The van der Waals surface area contributed by atoms with Crippen LogP contribution in [0.15, 0.2) is 29.6 Å². The van der Waals surface area contributed by atoms with Crippen molar-refractivity contribution >= 4 is 22.9 Å². The zero-order valence-electron chi connectivity index (χ0n) is 14.1. The van der Waals surface area contributed by atoms with Gasteiger partial charge in [0.15, 0.2) is 0 Å². The Kier molecular flexibility index (Phi) is 4.83. The molecular formula is C19H24N2OS. The monoisotopic (exact) mass is 328 g/mol. The Hall–Kier alpha value is -1.65. The molecule has 0 radical (unpaired) electrons. The first-order chi connectivity index (χ1) is 11.0. The largest absolute Gasteiger partial charge is 0.324 e. The van der Waals surface area contributed by atoms with Crippen LogP contribution in [-0.2, 0) is 17.8 Å². The van der Waals surface area contributed by atoms with Crippen LogP contribution in [0.5, 0.6) is 0 Å². The van der Waals surface area contributed by atoms with Gasteiger partial charge in [-0.2, -0.15) is 0 Å². The number of nitrogens with one attached hydrogen (secondary N) is 1. The van der Waals surface area contributed by atoms with Crippen LogP contribution in [0.25, 0.3) is 0 Å². The summed E-state index contributed by atoms with van der Waals surface area (Å²) < 4.78 is 0. The molecule has 122 valence electrons. The molecule has 23 heavy (non-hydrogen) atoms. The molecular weight excluding hydrogens is 304 g/mol. The van der Waals surface area contributed by atoms with E-state index in [-0.39, 0.29) is 5.91 Å². The Labute approximate surface area is 142 Å². The second-order valence-electron chi connectivity index (χ2n) is 6.57. The lowest BCUT2D eigenvalue weighted by Crippen LogP contribution is -2.36. The molecule has 1 amide bonds. The summed E-state index contributed by atoms with van der Waals surface area (Å²) >= 11 is 1.83. The standard InChI is InChI=1S/C19H24N2OS/c1-13(2)16-6-4-5-14(3)19(16)20-18(22)12-21-9-7-17-15(11-21)8-10-23-17/h4-6,8,10,13H,7,9,11-12H2,1-3H3,(H,20,22). The van der Waals surface area contributed by atoms with Gasteiger partial charge in [-0.25, -0.2) is 0 Å². The summed E-state index contributed by atoms with van der Waals surface area (Å²) in [5, 5.41) is 5.30. The summed E-state index contributed by atoms with van der Waals surface area (Å²) in [6.07, 6.45) is 1.06. The van der Waals surface area contributed by atoms with Gasteiger partial charge in [-0.3, -0.25) is 9.69 Å². The molecule has 0 unspecified atom stereocenters. The third-order valence-electron chi connectivity index (χ3n) is 4.45. The van der Waals surface area contributed by atoms with Gasteiger partial charge in [0.25, 0.3) is 0 Å². The fourth-order valence-electron chi connectivity index (χ4n) is 3.17. The Balaban J connectivity index is 1.67. The zero-order chi connectivity index (χ0) is 16.4. The minimum atomic E-state index is 0.0832. The molecule has 0 atom stereocenters. The Bertz CT molecular complexity index is 705. The predicted molar refractivity (Wildman–Crippen MR) is 97.2 cm³/mol. The molecule has 0 fully saturated rings. The number of para-hydroxylation sites is 1. The van der Waals surface area contributed by atoms with Crippen LogP contribution < -0.4 is 5.32 Å². The maximum atomic E-state index is 12.5. The van der Waals surface area contributed by atoms with E-state index in [0.29, 0.717) is 12.5 Å². The van der Waals surface area contributed by atoms with E-state index < -0.39 is 0 Å².